The molecular weight excluding hydrogens is 430 g/mol. The number of benzene rings is 2. The molecular formula is C25H30ClNO5. The highest BCUT2D eigenvalue weighted by Crippen LogP contribution is 2.40. The van der Waals surface area contributed by atoms with Crippen molar-refractivity contribution < 1.29 is 24.5 Å². The van der Waals surface area contributed by atoms with Gasteiger partial charge < -0.3 is 24.6 Å². The maximum Gasteiger partial charge on any atom is 0.193 e. The molecule has 0 saturated carbocycles. The number of halogens is 1. The van der Waals surface area contributed by atoms with Crippen molar-refractivity contribution >= 4 is 23.5 Å². The minimum absolute atomic E-state index is 0.0248. The molecule has 1 fully saturated rings. The zero-order chi connectivity index (χ0) is 23.1. The van der Waals surface area contributed by atoms with Gasteiger partial charge in [-0.1, -0.05) is 36.2 Å². The van der Waals surface area contributed by atoms with Gasteiger partial charge in [0.05, 0.1) is 20.3 Å². The number of aliphatic hydroxyl groups excluding tert-OH is 1. The Morgan fingerprint density at radius 1 is 1.16 bits per heavy atom. The molecule has 1 unspecified atom stereocenters. The number of rotatable bonds is 9. The molecule has 1 atom stereocenters. The smallest absolute Gasteiger partial charge is 0.193 e. The second-order valence-corrected chi connectivity index (χ2v) is 8.33. The average Bonchev–Trinajstić information content (AvgIpc) is 2.80. The highest BCUT2D eigenvalue weighted by molar-refractivity contribution is 6.32. The van der Waals surface area contributed by atoms with Crippen molar-refractivity contribution in [2.45, 2.75) is 31.8 Å². The number of methoxy groups -OCH3 is 2. The fourth-order valence-electron chi connectivity index (χ4n) is 4.04. The number of aromatic hydroxyl groups is 1. The van der Waals surface area contributed by atoms with Crippen molar-refractivity contribution in [1.29, 1.82) is 0 Å². The Labute approximate surface area is 194 Å². The number of β-amino-alcohol motifs (C(OH)–C–C–N with tert-alkyl or cyclic N) is 1. The predicted octanol–water partition coefficient (Wildman–Crippen LogP) is 4.35. The van der Waals surface area contributed by atoms with Crippen LogP contribution in [0.3, 0.4) is 0 Å². The Morgan fingerprint density at radius 2 is 1.84 bits per heavy atom. The lowest BCUT2D eigenvalue weighted by Crippen LogP contribution is -2.37. The molecule has 32 heavy (non-hydrogen) atoms. The first-order chi connectivity index (χ1) is 15.4. The number of allylic oxidation sites excluding steroid dienone is 1. The molecule has 2 aromatic carbocycles. The number of likely N-dealkylation sites (tertiary alicyclic amines) is 1. The maximum absolute atomic E-state index is 13.0. The molecule has 0 amide bonds. The number of phenols is 1. The van der Waals surface area contributed by atoms with Crippen LogP contribution in [0, 0.1) is 0 Å². The predicted molar refractivity (Wildman–Crippen MR) is 126 cm³/mol. The summed E-state index contributed by atoms with van der Waals surface area (Å²) in [6.07, 6.45) is 5.86. The minimum Gasteiger partial charge on any atom is -0.507 e. The minimum atomic E-state index is -0.706. The Balaban J connectivity index is 1.88. The molecule has 1 aliphatic heterocycles. The topological polar surface area (TPSA) is 79.2 Å². The summed E-state index contributed by atoms with van der Waals surface area (Å²) >= 11 is 6.16. The first kappa shape index (κ1) is 24.1. The Kier molecular flexibility index (Phi) is 8.56. The van der Waals surface area contributed by atoms with E-state index >= 15 is 0 Å². The van der Waals surface area contributed by atoms with E-state index in [1.54, 1.807) is 30.3 Å². The summed E-state index contributed by atoms with van der Waals surface area (Å²) in [6.45, 7) is 2.42. The first-order valence-electron chi connectivity index (χ1n) is 10.8. The van der Waals surface area contributed by atoms with Gasteiger partial charge in [0.2, 0.25) is 0 Å². The Bertz CT molecular complexity index is 969. The molecule has 172 valence electrons. The summed E-state index contributed by atoms with van der Waals surface area (Å²) in [4.78, 5) is 15.2. The van der Waals surface area contributed by atoms with Gasteiger partial charge in [0, 0.05) is 29.6 Å². The second-order valence-electron chi connectivity index (χ2n) is 7.92. The molecule has 0 spiro atoms. The number of hydrogen-bond donors (Lipinski definition) is 2. The number of hydrogen-bond acceptors (Lipinski definition) is 6. The van der Waals surface area contributed by atoms with Crippen molar-refractivity contribution in [2.24, 2.45) is 0 Å². The fraction of sp³-hybridized carbons (Fsp3) is 0.400. The summed E-state index contributed by atoms with van der Waals surface area (Å²) in [5, 5.41) is 22.2. The lowest BCUT2D eigenvalue weighted by atomic mass is 9.97. The molecule has 1 heterocycles. The van der Waals surface area contributed by atoms with Gasteiger partial charge in [-0.2, -0.15) is 0 Å². The molecule has 0 aliphatic carbocycles. The van der Waals surface area contributed by atoms with Crippen molar-refractivity contribution in [3.8, 4) is 17.2 Å². The SMILES string of the molecule is COc1cc(OC)c(C(=O)C=Cc2ccccc2Cl)c(O)c1CC(O)CN1CCCCC1. The molecule has 7 heteroatoms. The molecule has 0 radical (unpaired) electrons. The molecule has 0 bridgehead atoms. The zero-order valence-electron chi connectivity index (χ0n) is 18.5. The Morgan fingerprint density at radius 3 is 2.50 bits per heavy atom. The van der Waals surface area contributed by atoms with E-state index in [1.807, 2.05) is 6.07 Å². The van der Waals surface area contributed by atoms with Gasteiger partial charge in [-0.3, -0.25) is 4.79 Å². The first-order valence-corrected chi connectivity index (χ1v) is 11.2. The lowest BCUT2D eigenvalue weighted by molar-refractivity contribution is 0.0995. The van der Waals surface area contributed by atoms with E-state index < -0.39 is 11.9 Å². The van der Waals surface area contributed by atoms with Gasteiger partial charge in [0.15, 0.2) is 5.78 Å². The number of carbonyl (C=O) groups excluding carboxylic acids is 1. The van der Waals surface area contributed by atoms with Crippen molar-refractivity contribution in [3.63, 3.8) is 0 Å². The van der Waals surface area contributed by atoms with Crippen LogP contribution in [0.2, 0.25) is 5.02 Å². The van der Waals surface area contributed by atoms with Crippen LogP contribution in [0.25, 0.3) is 6.08 Å². The van der Waals surface area contributed by atoms with Gasteiger partial charge in [0.25, 0.3) is 0 Å². The molecule has 6 nitrogen and oxygen atoms in total. The largest absolute Gasteiger partial charge is 0.507 e. The van der Waals surface area contributed by atoms with Gasteiger partial charge in [-0.05, 0) is 49.7 Å². The molecule has 2 aromatic rings. The van der Waals surface area contributed by atoms with Gasteiger partial charge in [0.1, 0.15) is 22.8 Å². The zero-order valence-corrected chi connectivity index (χ0v) is 19.3. The van der Waals surface area contributed by atoms with Crippen LogP contribution < -0.4 is 9.47 Å². The monoisotopic (exact) mass is 459 g/mol. The van der Waals surface area contributed by atoms with Gasteiger partial charge >= 0.3 is 0 Å². The Hall–Kier alpha value is -2.54. The van der Waals surface area contributed by atoms with Crippen molar-refractivity contribution in [2.75, 3.05) is 33.9 Å². The van der Waals surface area contributed by atoms with E-state index in [9.17, 15) is 15.0 Å². The van der Waals surface area contributed by atoms with Crippen LogP contribution in [0.4, 0.5) is 0 Å². The third-order valence-corrected chi connectivity index (χ3v) is 6.04. The van der Waals surface area contributed by atoms with Crippen molar-refractivity contribution in [1.82, 2.24) is 4.90 Å². The van der Waals surface area contributed by atoms with Crippen LogP contribution in [0.15, 0.2) is 36.4 Å². The van der Waals surface area contributed by atoms with E-state index in [2.05, 4.69) is 4.90 Å². The van der Waals surface area contributed by atoms with E-state index in [1.165, 1.54) is 26.7 Å². The summed E-state index contributed by atoms with van der Waals surface area (Å²) < 4.78 is 10.8. The van der Waals surface area contributed by atoms with Crippen LogP contribution >= 0.6 is 11.6 Å². The number of piperidine rings is 1. The molecule has 0 aromatic heterocycles. The number of nitrogens with zero attached hydrogens (tertiary/aromatic N) is 1. The number of ether oxygens (including phenoxy) is 2. The quantitative estimate of drug-likeness (QED) is 0.428. The highest BCUT2D eigenvalue weighted by Gasteiger charge is 2.25. The third kappa shape index (κ3) is 5.82. The molecule has 1 aliphatic rings. The van der Waals surface area contributed by atoms with E-state index in [-0.39, 0.29) is 23.5 Å². The number of phenolic OH excluding ortho intramolecular Hbond substituents is 1. The van der Waals surface area contributed by atoms with E-state index in [0.717, 1.165) is 25.9 Å². The van der Waals surface area contributed by atoms with Crippen LogP contribution in [-0.4, -0.2) is 60.9 Å². The lowest BCUT2D eigenvalue weighted by Gasteiger charge is -2.29. The van der Waals surface area contributed by atoms with Crippen molar-refractivity contribution in [3.05, 3.63) is 58.1 Å². The summed E-state index contributed by atoms with van der Waals surface area (Å²) in [5.41, 5.74) is 1.09. The normalized spacial score (nSPS) is 15.6. The number of carbonyl (C=O) groups is 1. The summed E-state index contributed by atoms with van der Waals surface area (Å²) in [5.74, 6) is -0.118. The molecule has 2 N–H and O–H groups in total. The average molecular weight is 460 g/mol. The maximum atomic E-state index is 13.0. The van der Waals surface area contributed by atoms with E-state index in [4.69, 9.17) is 21.1 Å². The molecule has 3 rings (SSSR count). The highest BCUT2D eigenvalue weighted by atomic mass is 35.5. The second kappa shape index (κ2) is 11.4. The van der Waals surface area contributed by atoms with E-state index in [0.29, 0.717) is 28.4 Å². The van der Waals surface area contributed by atoms with Gasteiger partial charge in [-0.25, -0.2) is 0 Å². The van der Waals surface area contributed by atoms with Crippen LogP contribution in [0.1, 0.15) is 40.7 Å². The summed E-state index contributed by atoms with van der Waals surface area (Å²) in [7, 11) is 2.90. The van der Waals surface area contributed by atoms with Gasteiger partial charge in [-0.15, -0.1) is 0 Å². The van der Waals surface area contributed by atoms with Crippen LogP contribution in [0.5, 0.6) is 17.2 Å². The molecule has 1 saturated heterocycles. The summed E-state index contributed by atoms with van der Waals surface area (Å²) in [6, 6.07) is 8.72. The van der Waals surface area contributed by atoms with Crippen LogP contribution in [-0.2, 0) is 6.42 Å². The standard InChI is InChI=1S/C25H30ClNO5/c1-31-22-15-23(32-2)24(21(29)11-10-17-8-4-5-9-20(17)26)25(30)19(22)14-18(28)16-27-12-6-3-7-13-27/h4-5,8-11,15,18,28,30H,3,6-7,12-14,16H2,1-2H3. The fourth-order valence-corrected chi connectivity index (χ4v) is 4.24. The number of aliphatic hydroxyl groups is 1. The number of ketones is 1. The third-order valence-electron chi connectivity index (χ3n) is 5.69.